The Labute approximate surface area is 159 Å². The number of aromatic nitrogens is 4. The molecule has 0 unspecified atom stereocenters. The Hall–Kier alpha value is -3.21. The van der Waals surface area contributed by atoms with Gasteiger partial charge in [0.1, 0.15) is 5.82 Å². The second-order valence-electron chi connectivity index (χ2n) is 6.66. The minimum absolute atomic E-state index is 0.693. The molecule has 4 rings (SSSR count). The first kappa shape index (κ1) is 17.2. The van der Waals surface area contributed by atoms with Crippen molar-refractivity contribution < 1.29 is 0 Å². The number of nitrogens with one attached hydrogen (secondary N) is 1. The lowest BCUT2D eigenvalue weighted by Crippen LogP contribution is -2.08. The zero-order chi connectivity index (χ0) is 18.6. The molecule has 3 aromatic heterocycles. The van der Waals surface area contributed by atoms with Crippen LogP contribution < -0.4 is 5.32 Å². The van der Waals surface area contributed by atoms with Gasteiger partial charge in [-0.3, -0.25) is 4.98 Å². The van der Waals surface area contributed by atoms with Gasteiger partial charge in [0.05, 0.1) is 5.69 Å². The first-order valence-corrected chi connectivity index (χ1v) is 9.33. The van der Waals surface area contributed by atoms with Gasteiger partial charge in [0.25, 0.3) is 0 Å². The van der Waals surface area contributed by atoms with E-state index in [0.717, 1.165) is 52.4 Å². The van der Waals surface area contributed by atoms with Crippen LogP contribution in [0.5, 0.6) is 0 Å². The molecule has 1 aromatic carbocycles. The molecule has 136 valence electrons. The van der Waals surface area contributed by atoms with Crippen molar-refractivity contribution in [3.05, 3.63) is 77.9 Å². The molecule has 5 nitrogen and oxygen atoms in total. The van der Waals surface area contributed by atoms with Crippen molar-refractivity contribution in [2.45, 2.75) is 33.2 Å². The maximum atomic E-state index is 4.93. The molecule has 0 saturated carbocycles. The molecule has 4 aromatic rings. The van der Waals surface area contributed by atoms with Gasteiger partial charge in [-0.15, -0.1) is 0 Å². The SMILES string of the molecule is CCCc1cc(NCc2cccnc2)n2nc(C)c(-c3ccccc3)c2n1. The number of hydrogen-bond acceptors (Lipinski definition) is 4. The van der Waals surface area contributed by atoms with Crippen LogP contribution in [0.1, 0.15) is 30.3 Å². The van der Waals surface area contributed by atoms with Crippen LogP contribution >= 0.6 is 0 Å². The monoisotopic (exact) mass is 357 g/mol. The first-order chi connectivity index (χ1) is 13.3. The van der Waals surface area contributed by atoms with Gasteiger partial charge in [-0.1, -0.05) is 49.7 Å². The van der Waals surface area contributed by atoms with Gasteiger partial charge in [-0.2, -0.15) is 9.61 Å². The molecule has 0 amide bonds. The zero-order valence-electron chi connectivity index (χ0n) is 15.7. The summed E-state index contributed by atoms with van der Waals surface area (Å²) in [6.45, 7) is 4.91. The summed E-state index contributed by atoms with van der Waals surface area (Å²) in [6, 6.07) is 16.5. The molecular formula is C22H23N5. The summed E-state index contributed by atoms with van der Waals surface area (Å²) in [5.41, 5.74) is 6.33. The third kappa shape index (κ3) is 3.53. The summed E-state index contributed by atoms with van der Waals surface area (Å²) in [7, 11) is 0. The number of fused-ring (bicyclic) bond motifs is 1. The number of nitrogens with zero attached hydrogens (tertiary/aromatic N) is 4. The summed E-state index contributed by atoms with van der Waals surface area (Å²) in [4.78, 5) is 9.12. The number of benzene rings is 1. The second kappa shape index (κ2) is 7.58. The summed E-state index contributed by atoms with van der Waals surface area (Å²) in [5.74, 6) is 0.956. The van der Waals surface area contributed by atoms with Crippen molar-refractivity contribution in [1.82, 2.24) is 19.6 Å². The molecule has 0 atom stereocenters. The van der Waals surface area contributed by atoms with Crippen LogP contribution in [-0.2, 0) is 13.0 Å². The second-order valence-corrected chi connectivity index (χ2v) is 6.66. The van der Waals surface area contributed by atoms with Crippen LogP contribution in [0.2, 0.25) is 0 Å². The Morgan fingerprint density at radius 3 is 2.67 bits per heavy atom. The molecule has 0 aliphatic heterocycles. The number of aryl methyl sites for hydroxylation is 2. The van der Waals surface area contributed by atoms with E-state index in [2.05, 4.69) is 53.6 Å². The quantitative estimate of drug-likeness (QED) is 0.545. The highest BCUT2D eigenvalue weighted by Crippen LogP contribution is 2.29. The lowest BCUT2D eigenvalue weighted by atomic mass is 10.1. The van der Waals surface area contributed by atoms with Crippen LogP contribution in [0, 0.1) is 6.92 Å². The smallest absolute Gasteiger partial charge is 0.165 e. The van der Waals surface area contributed by atoms with E-state index in [1.54, 1.807) is 6.20 Å². The van der Waals surface area contributed by atoms with Gasteiger partial charge in [-0.25, -0.2) is 4.98 Å². The molecule has 0 bridgehead atoms. The summed E-state index contributed by atoms with van der Waals surface area (Å²) >= 11 is 0. The van der Waals surface area contributed by atoms with Gasteiger partial charge < -0.3 is 5.32 Å². The average molecular weight is 357 g/mol. The van der Waals surface area contributed by atoms with E-state index in [9.17, 15) is 0 Å². The fourth-order valence-electron chi connectivity index (χ4n) is 3.32. The number of hydrogen-bond donors (Lipinski definition) is 1. The minimum Gasteiger partial charge on any atom is -0.366 e. The van der Waals surface area contributed by atoms with E-state index in [1.807, 2.05) is 29.8 Å². The molecule has 5 heteroatoms. The van der Waals surface area contributed by atoms with Gasteiger partial charge >= 0.3 is 0 Å². The standard InChI is InChI=1S/C22H23N5/c1-3-8-19-13-20(24-15-17-9-7-12-23-14-17)27-22(25-19)21(16(2)26-27)18-10-5-4-6-11-18/h4-7,9-14,24H,3,8,15H2,1-2H3. The van der Waals surface area contributed by atoms with Crippen LogP contribution in [0.15, 0.2) is 60.9 Å². The summed E-state index contributed by atoms with van der Waals surface area (Å²) in [5, 5.41) is 8.29. The predicted octanol–water partition coefficient (Wildman–Crippen LogP) is 4.66. The molecule has 1 N–H and O–H groups in total. The van der Waals surface area contributed by atoms with Crippen molar-refractivity contribution >= 4 is 11.5 Å². The van der Waals surface area contributed by atoms with Crippen molar-refractivity contribution in [2.24, 2.45) is 0 Å². The fraction of sp³-hybridized carbons (Fsp3) is 0.227. The molecule has 3 heterocycles. The third-order valence-corrected chi connectivity index (χ3v) is 4.58. The Balaban J connectivity index is 1.80. The topological polar surface area (TPSA) is 55.1 Å². The maximum absolute atomic E-state index is 4.93. The lowest BCUT2D eigenvalue weighted by Gasteiger charge is -2.11. The highest BCUT2D eigenvalue weighted by atomic mass is 15.3. The van der Waals surface area contributed by atoms with Gasteiger partial charge in [0, 0.05) is 36.3 Å². The molecule has 0 saturated heterocycles. The van der Waals surface area contributed by atoms with Crippen LogP contribution in [-0.4, -0.2) is 19.6 Å². The van der Waals surface area contributed by atoms with E-state index >= 15 is 0 Å². The average Bonchev–Trinajstić information content (AvgIpc) is 3.04. The highest BCUT2D eigenvalue weighted by molar-refractivity contribution is 5.80. The van der Waals surface area contributed by atoms with Crippen LogP contribution in [0.4, 0.5) is 5.82 Å². The first-order valence-electron chi connectivity index (χ1n) is 9.33. The Bertz CT molecular complexity index is 1040. The van der Waals surface area contributed by atoms with E-state index in [-0.39, 0.29) is 0 Å². The van der Waals surface area contributed by atoms with Crippen molar-refractivity contribution in [3.63, 3.8) is 0 Å². The molecule has 0 spiro atoms. The third-order valence-electron chi connectivity index (χ3n) is 4.58. The molecular weight excluding hydrogens is 334 g/mol. The molecule has 0 aliphatic carbocycles. The van der Waals surface area contributed by atoms with Gasteiger partial charge in [-0.05, 0) is 30.5 Å². The minimum atomic E-state index is 0.693. The van der Waals surface area contributed by atoms with Crippen molar-refractivity contribution in [1.29, 1.82) is 0 Å². The molecule has 0 aliphatic rings. The summed E-state index contributed by atoms with van der Waals surface area (Å²) < 4.78 is 1.92. The zero-order valence-corrected chi connectivity index (χ0v) is 15.7. The Morgan fingerprint density at radius 2 is 1.93 bits per heavy atom. The number of pyridine rings is 1. The van der Waals surface area contributed by atoms with Crippen LogP contribution in [0.3, 0.4) is 0 Å². The highest BCUT2D eigenvalue weighted by Gasteiger charge is 2.16. The fourth-order valence-corrected chi connectivity index (χ4v) is 3.32. The van der Waals surface area contributed by atoms with E-state index < -0.39 is 0 Å². The maximum Gasteiger partial charge on any atom is 0.165 e. The molecule has 0 fully saturated rings. The van der Waals surface area contributed by atoms with E-state index in [4.69, 9.17) is 10.1 Å². The van der Waals surface area contributed by atoms with Gasteiger partial charge in [0.2, 0.25) is 0 Å². The molecule has 0 radical (unpaired) electrons. The summed E-state index contributed by atoms with van der Waals surface area (Å²) in [6.07, 6.45) is 5.66. The van der Waals surface area contributed by atoms with E-state index in [1.165, 1.54) is 0 Å². The number of rotatable bonds is 6. The molecule has 27 heavy (non-hydrogen) atoms. The van der Waals surface area contributed by atoms with Crippen molar-refractivity contribution in [2.75, 3.05) is 5.32 Å². The van der Waals surface area contributed by atoms with E-state index in [0.29, 0.717) is 6.54 Å². The van der Waals surface area contributed by atoms with Crippen molar-refractivity contribution in [3.8, 4) is 11.1 Å². The largest absolute Gasteiger partial charge is 0.366 e. The predicted molar refractivity (Wildman–Crippen MR) is 109 cm³/mol. The normalized spacial score (nSPS) is 11.0. The number of anilines is 1. The van der Waals surface area contributed by atoms with Crippen LogP contribution in [0.25, 0.3) is 16.8 Å². The Kier molecular flexibility index (Phi) is 4.83. The lowest BCUT2D eigenvalue weighted by molar-refractivity contribution is 0.851. The van der Waals surface area contributed by atoms with Gasteiger partial charge in [0.15, 0.2) is 5.65 Å². The Morgan fingerprint density at radius 1 is 1.07 bits per heavy atom.